The van der Waals surface area contributed by atoms with Crippen LogP contribution in [0.25, 0.3) is 0 Å². The van der Waals surface area contributed by atoms with Crippen molar-refractivity contribution in [2.24, 2.45) is 5.73 Å². The van der Waals surface area contributed by atoms with Crippen LogP contribution in [-0.4, -0.2) is 41.7 Å². The smallest absolute Gasteiger partial charge is 0.0731 e. The Balaban J connectivity index is 1.85. The first-order valence-electron chi connectivity index (χ1n) is 6.97. The van der Waals surface area contributed by atoms with E-state index in [-0.39, 0.29) is 6.04 Å². The van der Waals surface area contributed by atoms with Crippen molar-refractivity contribution >= 4 is 15.9 Å². The molecule has 1 aliphatic carbocycles. The molecule has 104 valence electrons. The number of pyridine rings is 1. The van der Waals surface area contributed by atoms with Gasteiger partial charge in [-0.2, -0.15) is 0 Å². The zero-order chi connectivity index (χ0) is 13.2. The summed E-state index contributed by atoms with van der Waals surface area (Å²) in [6.07, 6.45) is 7.83. The molecular formula is C14H20BrN3O. The molecule has 2 aliphatic rings. The van der Waals surface area contributed by atoms with Crippen LogP contribution < -0.4 is 5.73 Å². The van der Waals surface area contributed by atoms with Crippen LogP contribution in [0.3, 0.4) is 0 Å². The average molecular weight is 326 g/mol. The molecule has 0 spiro atoms. The first-order valence-corrected chi connectivity index (χ1v) is 7.77. The van der Waals surface area contributed by atoms with Crippen LogP contribution in [0.2, 0.25) is 0 Å². The van der Waals surface area contributed by atoms with Crippen LogP contribution in [-0.2, 0) is 4.74 Å². The van der Waals surface area contributed by atoms with Crippen LogP contribution in [0.5, 0.6) is 0 Å². The highest BCUT2D eigenvalue weighted by molar-refractivity contribution is 9.10. The van der Waals surface area contributed by atoms with Crippen molar-refractivity contribution in [1.29, 1.82) is 0 Å². The van der Waals surface area contributed by atoms with Gasteiger partial charge in [0.15, 0.2) is 0 Å². The van der Waals surface area contributed by atoms with E-state index in [2.05, 4.69) is 31.9 Å². The molecule has 2 fully saturated rings. The number of hydrogen-bond acceptors (Lipinski definition) is 4. The number of fused-ring (bicyclic) bond motifs is 1. The molecule has 1 aliphatic heterocycles. The van der Waals surface area contributed by atoms with Gasteiger partial charge >= 0.3 is 0 Å². The first-order chi connectivity index (χ1) is 9.29. The maximum absolute atomic E-state index is 6.04. The lowest BCUT2D eigenvalue weighted by Gasteiger charge is -2.42. The van der Waals surface area contributed by atoms with Gasteiger partial charge in [-0.15, -0.1) is 0 Å². The lowest BCUT2D eigenvalue weighted by Crippen LogP contribution is -2.51. The molecular weight excluding hydrogens is 306 g/mol. The number of nitrogens with zero attached hydrogens (tertiary/aromatic N) is 2. The summed E-state index contributed by atoms with van der Waals surface area (Å²) >= 11 is 3.49. The van der Waals surface area contributed by atoms with E-state index < -0.39 is 0 Å². The molecule has 3 rings (SSSR count). The molecule has 1 aromatic rings. The van der Waals surface area contributed by atoms with E-state index >= 15 is 0 Å². The molecule has 0 aromatic carbocycles. The number of hydrogen-bond donors (Lipinski definition) is 1. The van der Waals surface area contributed by atoms with E-state index in [9.17, 15) is 0 Å². The minimum absolute atomic E-state index is 0.250. The van der Waals surface area contributed by atoms with E-state index in [1.807, 2.05) is 12.4 Å². The Morgan fingerprint density at radius 2 is 2.37 bits per heavy atom. The zero-order valence-electron chi connectivity index (χ0n) is 11.0. The van der Waals surface area contributed by atoms with Crippen molar-refractivity contribution < 1.29 is 4.74 Å². The van der Waals surface area contributed by atoms with Gasteiger partial charge in [0.2, 0.25) is 0 Å². The maximum atomic E-state index is 6.04. The van der Waals surface area contributed by atoms with Gasteiger partial charge < -0.3 is 10.5 Å². The SMILES string of the molecule is NCC(c1cncc(Br)c1)N1CCOC2CCCC21. The Morgan fingerprint density at radius 1 is 1.47 bits per heavy atom. The summed E-state index contributed by atoms with van der Waals surface area (Å²) < 4.78 is 6.89. The molecule has 2 N–H and O–H groups in total. The Hall–Kier alpha value is -0.490. The molecule has 2 heterocycles. The minimum atomic E-state index is 0.250. The second-order valence-electron chi connectivity index (χ2n) is 5.33. The van der Waals surface area contributed by atoms with Gasteiger partial charge in [-0.1, -0.05) is 0 Å². The summed E-state index contributed by atoms with van der Waals surface area (Å²) in [5.74, 6) is 0. The fourth-order valence-corrected chi connectivity index (χ4v) is 3.80. The van der Waals surface area contributed by atoms with E-state index in [1.54, 1.807) is 0 Å². The summed E-state index contributed by atoms with van der Waals surface area (Å²) in [5.41, 5.74) is 7.24. The molecule has 0 radical (unpaired) electrons. The number of ether oxygens (including phenoxy) is 1. The second kappa shape index (κ2) is 5.87. The summed E-state index contributed by atoms with van der Waals surface area (Å²) in [5, 5.41) is 0. The molecule has 3 unspecified atom stereocenters. The number of aromatic nitrogens is 1. The highest BCUT2D eigenvalue weighted by Gasteiger charge is 2.39. The largest absolute Gasteiger partial charge is 0.375 e. The average Bonchev–Trinajstić information content (AvgIpc) is 2.89. The van der Waals surface area contributed by atoms with Crippen LogP contribution in [0.15, 0.2) is 22.9 Å². The monoisotopic (exact) mass is 325 g/mol. The fraction of sp³-hybridized carbons (Fsp3) is 0.643. The third-order valence-electron chi connectivity index (χ3n) is 4.26. The standard InChI is InChI=1S/C14H20BrN3O/c15-11-6-10(8-17-9-11)13(7-16)18-4-5-19-14-3-1-2-12(14)18/h6,8-9,12-14H,1-5,7,16H2. The van der Waals surface area contributed by atoms with Crippen molar-refractivity contribution in [2.45, 2.75) is 37.5 Å². The normalized spacial score (nSPS) is 29.2. The van der Waals surface area contributed by atoms with Gasteiger partial charge in [-0.25, -0.2) is 0 Å². The molecule has 1 aromatic heterocycles. The van der Waals surface area contributed by atoms with Gasteiger partial charge in [0.25, 0.3) is 0 Å². The molecule has 0 amide bonds. The van der Waals surface area contributed by atoms with E-state index in [0.29, 0.717) is 18.7 Å². The first kappa shape index (κ1) is 13.5. The molecule has 3 atom stereocenters. The maximum Gasteiger partial charge on any atom is 0.0731 e. The van der Waals surface area contributed by atoms with Crippen molar-refractivity contribution in [1.82, 2.24) is 9.88 Å². The topological polar surface area (TPSA) is 51.4 Å². The summed E-state index contributed by atoms with van der Waals surface area (Å²) in [4.78, 5) is 6.81. The highest BCUT2D eigenvalue weighted by Crippen LogP contribution is 2.35. The van der Waals surface area contributed by atoms with E-state index in [1.165, 1.54) is 24.8 Å². The van der Waals surface area contributed by atoms with Gasteiger partial charge in [0.05, 0.1) is 12.7 Å². The Labute approximate surface area is 122 Å². The van der Waals surface area contributed by atoms with Gasteiger partial charge in [-0.05, 0) is 46.8 Å². The summed E-state index contributed by atoms with van der Waals surface area (Å²) in [6.45, 7) is 2.41. The number of morpholine rings is 1. The molecule has 1 saturated heterocycles. The van der Waals surface area contributed by atoms with Crippen LogP contribution in [0.1, 0.15) is 30.9 Å². The predicted molar refractivity (Wildman–Crippen MR) is 77.8 cm³/mol. The summed E-state index contributed by atoms with van der Waals surface area (Å²) in [6, 6.07) is 2.91. The number of halogens is 1. The third kappa shape index (κ3) is 2.70. The molecule has 4 nitrogen and oxygen atoms in total. The Morgan fingerprint density at radius 3 is 3.16 bits per heavy atom. The van der Waals surface area contributed by atoms with Crippen LogP contribution in [0.4, 0.5) is 0 Å². The predicted octanol–water partition coefficient (Wildman–Crippen LogP) is 2.10. The number of rotatable bonds is 3. The van der Waals surface area contributed by atoms with Crippen molar-refractivity contribution in [3.63, 3.8) is 0 Å². The second-order valence-corrected chi connectivity index (χ2v) is 6.25. The minimum Gasteiger partial charge on any atom is -0.375 e. The summed E-state index contributed by atoms with van der Waals surface area (Å²) in [7, 11) is 0. The van der Waals surface area contributed by atoms with E-state index in [4.69, 9.17) is 10.5 Å². The van der Waals surface area contributed by atoms with Crippen molar-refractivity contribution in [3.8, 4) is 0 Å². The third-order valence-corrected chi connectivity index (χ3v) is 4.69. The van der Waals surface area contributed by atoms with Gasteiger partial charge in [-0.3, -0.25) is 9.88 Å². The lowest BCUT2D eigenvalue weighted by atomic mass is 10.0. The quantitative estimate of drug-likeness (QED) is 0.924. The van der Waals surface area contributed by atoms with Gasteiger partial charge in [0, 0.05) is 42.0 Å². The van der Waals surface area contributed by atoms with Crippen molar-refractivity contribution in [3.05, 3.63) is 28.5 Å². The van der Waals surface area contributed by atoms with Crippen molar-refractivity contribution in [2.75, 3.05) is 19.7 Å². The Kier molecular flexibility index (Phi) is 4.17. The molecule has 5 heteroatoms. The fourth-order valence-electron chi connectivity index (χ4n) is 3.42. The van der Waals surface area contributed by atoms with E-state index in [0.717, 1.165) is 17.6 Å². The zero-order valence-corrected chi connectivity index (χ0v) is 12.6. The number of nitrogens with two attached hydrogens (primary N) is 1. The Bertz CT molecular complexity index is 442. The molecule has 19 heavy (non-hydrogen) atoms. The van der Waals surface area contributed by atoms with Crippen LogP contribution >= 0.6 is 15.9 Å². The lowest BCUT2D eigenvalue weighted by molar-refractivity contribution is -0.0711. The van der Waals surface area contributed by atoms with Crippen LogP contribution in [0, 0.1) is 0 Å². The highest BCUT2D eigenvalue weighted by atomic mass is 79.9. The molecule has 1 saturated carbocycles. The molecule has 0 bridgehead atoms. The van der Waals surface area contributed by atoms with Gasteiger partial charge in [0.1, 0.15) is 0 Å².